The van der Waals surface area contributed by atoms with Gasteiger partial charge in [-0.2, -0.15) is 18.4 Å². The molecule has 8 heteroatoms. The lowest BCUT2D eigenvalue weighted by molar-refractivity contribution is -0.139. The summed E-state index contributed by atoms with van der Waals surface area (Å²) in [7, 11) is 0. The molecular formula is C21H28F3N3OS. The molecule has 4 nitrogen and oxygen atoms in total. The Labute approximate surface area is 174 Å². The molecule has 0 aliphatic heterocycles. The molecule has 0 bridgehead atoms. The largest absolute Gasteiger partial charge is 0.418 e. The molecule has 0 spiro atoms. The zero-order valence-electron chi connectivity index (χ0n) is 17.8. The molecule has 1 aliphatic carbocycles. The number of fused-ring (bicyclic) bond motifs is 1. The van der Waals surface area contributed by atoms with Crippen LogP contribution in [0, 0.1) is 22.7 Å². The molecule has 1 heterocycles. The van der Waals surface area contributed by atoms with Crippen LogP contribution in [0.25, 0.3) is 0 Å². The van der Waals surface area contributed by atoms with Crippen molar-refractivity contribution in [2.45, 2.75) is 77.5 Å². The van der Waals surface area contributed by atoms with E-state index in [0.717, 1.165) is 18.2 Å². The lowest BCUT2D eigenvalue weighted by Crippen LogP contribution is -2.41. The van der Waals surface area contributed by atoms with Crippen LogP contribution in [0.3, 0.4) is 0 Å². The minimum atomic E-state index is -4.65. The molecule has 1 amide bonds. The number of hydrogen-bond donors (Lipinski definition) is 1. The van der Waals surface area contributed by atoms with Crippen molar-refractivity contribution in [1.82, 2.24) is 10.3 Å². The number of carbonyl (C=O) groups is 1. The molecule has 1 aromatic heterocycles. The molecule has 0 saturated carbocycles. The predicted molar refractivity (Wildman–Crippen MR) is 108 cm³/mol. The fourth-order valence-corrected chi connectivity index (χ4v) is 4.39. The molecule has 1 atom stereocenters. The number of aromatic nitrogens is 1. The van der Waals surface area contributed by atoms with E-state index < -0.39 is 22.8 Å². The highest BCUT2D eigenvalue weighted by Gasteiger charge is 2.42. The van der Waals surface area contributed by atoms with E-state index in [1.165, 1.54) is 0 Å². The molecule has 0 aromatic carbocycles. The molecular weight excluding hydrogens is 399 g/mol. The smallest absolute Gasteiger partial charge is 0.351 e. The molecule has 2 rings (SSSR count). The summed E-state index contributed by atoms with van der Waals surface area (Å²) in [5.74, 6) is -0.326. The van der Waals surface area contributed by atoms with E-state index in [2.05, 4.69) is 10.3 Å². The number of amides is 1. The Bertz CT molecular complexity index is 830. The maximum absolute atomic E-state index is 14.0. The number of nitrogens with zero attached hydrogens (tertiary/aromatic N) is 2. The second-order valence-corrected chi connectivity index (χ2v) is 10.6. The van der Waals surface area contributed by atoms with E-state index in [9.17, 15) is 23.2 Å². The highest BCUT2D eigenvalue weighted by Crippen LogP contribution is 2.44. The second kappa shape index (κ2) is 8.17. The van der Waals surface area contributed by atoms with Gasteiger partial charge in [0.15, 0.2) is 0 Å². The number of aryl methyl sites for hydroxylation is 1. The highest BCUT2D eigenvalue weighted by atomic mass is 32.2. The van der Waals surface area contributed by atoms with Crippen LogP contribution in [0.15, 0.2) is 5.03 Å². The maximum Gasteiger partial charge on any atom is 0.418 e. The van der Waals surface area contributed by atoms with E-state index in [4.69, 9.17) is 0 Å². The monoisotopic (exact) mass is 427 g/mol. The molecule has 1 N–H and O–H groups in total. The standard InChI is InChI=1S/C21H28F3N3OS/c1-19(2,3)12-7-8-15-13(9-12)17(21(22,23)24)14(10-25)18(26-15)29-11-16(28)27-20(4,5)6/h12H,7-9,11H2,1-6H3,(H,27,28). The van der Waals surface area contributed by atoms with E-state index in [-0.39, 0.29) is 40.0 Å². The van der Waals surface area contributed by atoms with Gasteiger partial charge in [-0.25, -0.2) is 4.98 Å². The van der Waals surface area contributed by atoms with Gasteiger partial charge in [-0.1, -0.05) is 32.5 Å². The first-order valence-corrected chi connectivity index (χ1v) is 10.6. The number of nitrogens with one attached hydrogen (secondary N) is 1. The maximum atomic E-state index is 14.0. The number of rotatable bonds is 3. The summed E-state index contributed by atoms with van der Waals surface area (Å²) in [5.41, 5.74) is -1.39. The van der Waals surface area contributed by atoms with Crippen molar-refractivity contribution >= 4 is 17.7 Å². The fourth-order valence-electron chi connectivity index (χ4n) is 3.58. The van der Waals surface area contributed by atoms with Gasteiger partial charge >= 0.3 is 6.18 Å². The summed E-state index contributed by atoms with van der Waals surface area (Å²) in [6.07, 6.45) is -3.21. The highest BCUT2D eigenvalue weighted by molar-refractivity contribution is 8.00. The van der Waals surface area contributed by atoms with Gasteiger partial charge in [0.1, 0.15) is 11.1 Å². The predicted octanol–water partition coefficient (Wildman–Crippen LogP) is 5.13. The number of nitriles is 1. The Morgan fingerprint density at radius 1 is 1.24 bits per heavy atom. The summed E-state index contributed by atoms with van der Waals surface area (Å²) in [6.45, 7) is 11.5. The number of hydrogen-bond acceptors (Lipinski definition) is 4. The van der Waals surface area contributed by atoms with Gasteiger partial charge in [0.05, 0.1) is 16.9 Å². The number of carbonyl (C=O) groups excluding carboxylic acids is 1. The molecule has 1 unspecified atom stereocenters. The Morgan fingerprint density at radius 2 is 1.86 bits per heavy atom. The minimum Gasteiger partial charge on any atom is -0.351 e. The third-order valence-corrected chi connectivity index (χ3v) is 5.98. The fraction of sp³-hybridized carbons (Fsp3) is 0.667. The van der Waals surface area contributed by atoms with Gasteiger partial charge in [0.25, 0.3) is 0 Å². The van der Waals surface area contributed by atoms with E-state index in [1.54, 1.807) is 6.07 Å². The average molecular weight is 428 g/mol. The molecule has 0 radical (unpaired) electrons. The van der Waals surface area contributed by atoms with E-state index in [0.29, 0.717) is 12.1 Å². The summed E-state index contributed by atoms with van der Waals surface area (Å²) in [5, 5.41) is 12.3. The lowest BCUT2D eigenvalue weighted by atomic mass is 9.70. The van der Waals surface area contributed by atoms with Crippen LogP contribution in [0.4, 0.5) is 13.2 Å². The van der Waals surface area contributed by atoms with Gasteiger partial charge in [0.2, 0.25) is 5.91 Å². The molecule has 160 valence electrons. The second-order valence-electron chi connectivity index (χ2n) is 9.59. The molecule has 0 saturated heterocycles. The number of thioether (sulfide) groups is 1. The third kappa shape index (κ3) is 5.88. The Hall–Kier alpha value is -1.75. The third-order valence-electron chi connectivity index (χ3n) is 5.01. The van der Waals surface area contributed by atoms with Crippen molar-refractivity contribution in [3.63, 3.8) is 0 Å². The van der Waals surface area contributed by atoms with E-state index >= 15 is 0 Å². The van der Waals surface area contributed by atoms with Crippen LogP contribution in [0.5, 0.6) is 0 Å². The van der Waals surface area contributed by atoms with Crippen LogP contribution in [-0.2, 0) is 23.8 Å². The van der Waals surface area contributed by atoms with Crippen molar-refractivity contribution in [2.75, 3.05) is 5.75 Å². The van der Waals surface area contributed by atoms with Crippen molar-refractivity contribution in [1.29, 1.82) is 5.26 Å². The topological polar surface area (TPSA) is 65.8 Å². The summed E-state index contributed by atoms with van der Waals surface area (Å²) in [4.78, 5) is 16.5. The average Bonchev–Trinajstić information content (AvgIpc) is 2.54. The number of alkyl halides is 3. The first-order valence-electron chi connectivity index (χ1n) is 9.60. The van der Waals surface area contributed by atoms with Crippen molar-refractivity contribution in [3.05, 3.63) is 22.4 Å². The first kappa shape index (κ1) is 23.5. The quantitative estimate of drug-likeness (QED) is 0.679. The summed E-state index contributed by atoms with van der Waals surface area (Å²) in [6, 6.07) is 1.71. The Balaban J connectivity index is 2.46. The van der Waals surface area contributed by atoms with Gasteiger partial charge in [-0.15, -0.1) is 0 Å². The van der Waals surface area contributed by atoms with Crippen molar-refractivity contribution in [2.24, 2.45) is 11.3 Å². The van der Waals surface area contributed by atoms with Crippen LogP contribution in [-0.4, -0.2) is 22.2 Å². The number of halogens is 3. The molecule has 1 aromatic rings. The molecule has 29 heavy (non-hydrogen) atoms. The van der Waals surface area contributed by atoms with Crippen molar-refractivity contribution in [3.8, 4) is 6.07 Å². The van der Waals surface area contributed by atoms with E-state index in [1.807, 2.05) is 41.5 Å². The molecule has 1 aliphatic rings. The first-order chi connectivity index (χ1) is 13.1. The normalized spacial score (nSPS) is 17.4. The zero-order chi connectivity index (χ0) is 22.2. The Morgan fingerprint density at radius 3 is 2.34 bits per heavy atom. The molecule has 0 fully saturated rings. The Kier molecular flexibility index (Phi) is 6.63. The van der Waals surface area contributed by atoms with Crippen molar-refractivity contribution < 1.29 is 18.0 Å². The van der Waals surface area contributed by atoms with Gasteiger partial charge in [-0.3, -0.25) is 4.79 Å². The zero-order valence-corrected chi connectivity index (χ0v) is 18.6. The SMILES string of the molecule is CC(C)(C)NC(=O)CSc1nc2c(c(C(F)(F)F)c1C#N)CC(C(C)(C)C)CC2. The van der Waals surface area contributed by atoms with Crippen LogP contribution in [0.2, 0.25) is 0 Å². The lowest BCUT2D eigenvalue weighted by Gasteiger charge is -2.36. The van der Waals surface area contributed by atoms with Gasteiger partial charge in [0, 0.05) is 11.2 Å². The number of pyridine rings is 1. The van der Waals surface area contributed by atoms with Crippen LogP contribution >= 0.6 is 11.8 Å². The van der Waals surface area contributed by atoms with Gasteiger partial charge in [-0.05, 0) is 56.9 Å². The summed E-state index contributed by atoms with van der Waals surface area (Å²) < 4.78 is 41.9. The minimum absolute atomic E-state index is 0.0168. The summed E-state index contributed by atoms with van der Waals surface area (Å²) >= 11 is 0.884. The van der Waals surface area contributed by atoms with Crippen LogP contribution < -0.4 is 5.32 Å². The van der Waals surface area contributed by atoms with Crippen LogP contribution in [0.1, 0.15) is 70.3 Å². The van der Waals surface area contributed by atoms with Gasteiger partial charge < -0.3 is 5.32 Å².